The van der Waals surface area contributed by atoms with Crippen LogP contribution in [-0.2, 0) is 16.6 Å². The molecule has 1 saturated heterocycles. The van der Waals surface area contributed by atoms with E-state index in [0.29, 0.717) is 31.2 Å². The Morgan fingerprint density at radius 1 is 1.35 bits per heavy atom. The minimum absolute atomic E-state index is 0.423. The van der Waals surface area contributed by atoms with Crippen molar-refractivity contribution in [2.24, 2.45) is 11.7 Å². The Bertz CT molecular complexity index is 528. The first-order chi connectivity index (χ1) is 9.51. The molecule has 0 spiro atoms. The van der Waals surface area contributed by atoms with Crippen molar-refractivity contribution in [1.82, 2.24) is 4.31 Å². The van der Waals surface area contributed by atoms with E-state index in [-0.39, 0.29) is 0 Å². The third-order valence-electron chi connectivity index (χ3n) is 3.59. The summed E-state index contributed by atoms with van der Waals surface area (Å²) < 4.78 is 28.8. The van der Waals surface area contributed by atoms with Gasteiger partial charge >= 0.3 is 10.2 Å². The van der Waals surface area contributed by atoms with Gasteiger partial charge in [-0.1, -0.05) is 19.1 Å². The van der Waals surface area contributed by atoms with Crippen LogP contribution < -0.4 is 10.5 Å². The van der Waals surface area contributed by atoms with Crippen LogP contribution in [0.2, 0.25) is 0 Å². The van der Waals surface area contributed by atoms with E-state index in [9.17, 15) is 8.42 Å². The summed E-state index contributed by atoms with van der Waals surface area (Å²) in [6.07, 6.45) is 2.83. The lowest BCUT2D eigenvalue weighted by Gasteiger charge is -2.30. The van der Waals surface area contributed by atoms with E-state index in [4.69, 9.17) is 5.73 Å². The second-order valence-corrected chi connectivity index (χ2v) is 7.12. The van der Waals surface area contributed by atoms with Gasteiger partial charge in [0.25, 0.3) is 0 Å². The molecular formula is C14H23N3O2S. The molecule has 1 fully saturated rings. The van der Waals surface area contributed by atoms with Crippen LogP contribution >= 0.6 is 0 Å². The number of nitrogens with zero attached hydrogens (tertiary/aromatic N) is 1. The Balaban J connectivity index is 2.03. The molecule has 1 aliphatic rings. The van der Waals surface area contributed by atoms with Crippen LogP contribution in [0.4, 0.5) is 5.69 Å². The van der Waals surface area contributed by atoms with E-state index in [1.54, 1.807) is 12.1 Å². The Morgan fingerprint density at radius 3 is 2.65 bits per heavy atom. The van der Waals surface area contributed by atoms with Crippen molar-refractivity contribution in [3.8, 4) is 0 Å². The van der Waals surface area contributed by atoms with Gasteiger partial charge in [0.2, 0.25) is 0 Å². The number of rotatable bonds is 5. The first-order valence-corrected chi connectivity index (χ1v) is 8.52. The smallest absolute Gasteiger partial charge is 0.301 e. The van der Waals surface area contributed by atoms with Crippen LogP contribution in [0.3, 0.4) is 0 Å². The highest BCUT2D eigenvalue weighted by Gasteiger charge is 2.26. The quantitative estimate of drug-likeness (QED) is 0.866. The zero-order chi connectivity index (χ0) is 14.6. The van der Waals surface area contributed by atoms with E-state index in [0.717, 1.165) is 24.8 Å². The largest absolute Gasteiger partial charge is 0.330 e. The molecule has 0 saturated carbocycles. The molecule has 1 aliphatic heterocycles. The minimum atomic E-state index is -3.44. The van der Waals surface area contributed by atoms with Gasteiger partial charge in [-0.2, -0.15) is 12.7 Å². The van der Waals surface area contributed by atoms with Gasteiger partial charge in [0.05, 0.1) is 0 Å². The number of hydrogen-bond acceptors (Lipinski definition) is 3. The summed E-state index contributed by atoms with van der Waals surface area (Å²) in [4.78, 5) is 0. The van der Waals surface area contributed by atoms with Crippen molar-refractivity contribution in [3.05, 3.63) is 29.8 Å². The molecule has 1 atom stereocenters. The third-order valence-corrected chi connectivity index (χ3v) is 5.10. The zero-order valence-electron chi connectivity index (χ0n) is 11.9. The van der Waals surface area contributed by atoms with Gasteiger partial charge in [-0.3, -0.25) is 4.72 Å². The summed E-state index contributed by atoms with van der Waals surface area (Å²) in [7, 11) is -3.44. The fourth-order valence-corrected chi connectivity index (χ4v) is 3.87. The predicted octanol–water partition coefficient (Wildman–Crippen LogP) is 1.58. The minimum Gasteiger partial charge on any atom is -0.330 e. The van der Waals surface area contributed by atoms with Crippen molar-refractivity contribution in [3.63, 3.8) is 0 Å². The number of nitrogens with two attached hydrogens (primary N) is 1. The van der Waals surface area contributed by atoms with Gasteiger partial charge < -0.3 is 5.73 Å². The first-order valence-electron chi connectivity index (χ1n) is 7.08. The molecule has 20 heavy (non-hydrogen) atoms. The SMILES string of the molecule is CC1CCCN(S(=O)(=O)Nc2ccc(CCN)cc2)C1. The van der Waals surface area contributed by atoms with Crippen molar-refractivity contribution in [2.75, 3.05) is 24.4 Å². The highest BCUT2D eigenvalue weighted by atomic mass is 32.2. The van der Waals surface area contributed by atoms with E-state index >= 15 is 0 Å². The standard InChI is InChI=1S/C14H23N3O2S/c1-12-3-2-10-17(11-12)20(18,19)16-14-6-4-13(5-7-14)8-9-15/h4-7,12,16H,2-3,8-11,15H2,1H3. The molecule has 0 aromatic heterocycles. The average molecular weight is 297 g/mol. The Labute approximate surface area is 121 Å². The molecule has 2 rings (SSSR count). The molecule has 0 amide bonds. The molecule has 1 aromatic rings. The Kier molecular flexibility index (Phi) is 5.01. The molecule has 1 unspecified atom stereocenters. The van der Waals surface area contributed by atoms with Crippen molar-refractivity contribution < 1.29 is 8.42 Å². The molecular weight excluding hydrogens is 274 g/mol. The molecule has 1 heterocycles. The number of anilines is 1. The van der Waals surface area contributed by atoms with E-state index < -0.39 is 10.2 Å². The van der Waals surface area contributed by atoms with Gasteiger partial charge in [-0.05, 0) is 49.4 Å². The van der Waals surface area contributed by atoms with Gasteiger partial charge in [0.15, 0.2) is 0 Å². The maximum absolute atomic E-state index is 12.3. The normalized spacial score (nSPS) is 20.8. The summed E-state index contributed by atoms with van der Waals surface area (Å²) in [6, 6.07) is 7.39. The third kappa shape index (κ3) is 3.94. The lowest BCUT2D eigenvalue weighted by molar-refractivity contribution is 0.282. The van der Waals surface area contributed by atoms with Gasteiger partial charge in [-0.15, -0.1) is 0 Å². The molecule has 5 nitrogen and oxygen atoms in total. The number of piperidine rings is 1. The summed E-state index contributed by atoms with van der Waals surface area (Å²) >= 11 is 0. The molecule has 0 bridgehead atoms. The average Bonchev–Trinajstić information content (AvgIpc) is 2.41. The fraction of sp³-hybridized carbons (Fsp3) is 0.571. The van der Waals surface area contributed by atoms with Crippen LogP contribution in [0.25, 0.3) is 0 Å². The summed E-state index contributed by atoms with van der Waals surface area (Å²) in [5, 5.41) is 0. The number of hydrogen-bond donors (Lipinski definition) is 2. The van der Waals surface area contributed by atoms with Gasteiger partial charge in [-0.25, -0.2) is 0 Å². The first kappa shape index (κ1) is 15.3. The molecule has 0 aliphatic carbocycles. The van der Waals surface area contributed by atoms with Crippen molar-refractivity contribution in [1.29, 1.82) is 0 Å². The molecule has 1 aromatic carbocycles. The van der Waals surface area contributed by atoms with Crippen LogP contribution in [0.1, 0.15) is 25.3 Å². The molecule has 0 radical (unpaired) electrons. The maximum atomic E-state index is 12.3. The highest BCUT2D eigenvalue weighted by Crippen LogP contribution is 2.20. The van der Waals surface area contributed by atoms with E-state index in [1.807, 2.05) is 12.1 Å². The van der Waals surface area contributed by atoms with Crippen molar-refractivity contribution in [2.45, 2.75) is 26.2 Å². The molecule has 112 valence electrons. The van der Waals surface area contributed by atoms with Gasteiger partial charge in [0.1, 0.15) is 0 Å². The number of benzene rings is 1. The van der Waals surface area contributed by atoms with Crippen LogP contribution in [0.15, 0.2) is 24.3 Å². The lowest BCUT2D eigenvalue weighted by atomic mass is 10.0. The fourth-order valence-electron chi connectivity index (χ4n) is 2.48. The highest BCUT2D eigenvalue weighted by molar-refractivity contribution is 7.90. The molecule has 6 heteroatoms. The second kappa shape index (κ2) is 6.56. The van der Waals surface area contributed by atoms with Gasteiger partial charge in [0, 0.05) is 18.8 Å². The second-order valence-electron chi connectivity index (χ2n) is 5.45. The van der Waals surface area contributed by atoms with Crippen LogP contribution in [0.5, 0.6) is 0 Å². The monoisotopic (exact) mass is 297 g/mol. The maximum Gasteiger partial charge on any atom is 0.301 e. The topological polar surface area (TPSA) is 75.4 Å². The van der Waals surface area contributed by atoms with Crippen LogP contribution in [0, 0.1) is 5.92 Å². The summed E-state index contributed by atoms with van der Waals surface area (Å²) in [6.45, 7) is 3.88. The molecule has 3 N–H and O–H groups in total. The van der Waals surface area contributed by atoms with E-state index in [2.05, 4.69) is 11.6 Å². The zero-order valence-corrected chi connectivity index (χ0v) is 12.7. The summed E-state index contributed by atoms with van der Waals surface area (Å²) in [5.74, 6) is 0.423. The Morgan fingerprint density at radius 2 is 2.05 bits per heavy atom. The number of nitrogens with one attached hydrogen (secondary N) is 1. The lowest BCUT2D eigenvalue weighted by Crippen LogP contribution is -2.42. The predicted molar refractivity (Wildman–Crippen MR) is 81.7 cm³/mol. The van der Waals surface area contributed by atoms with Crippen molar-refractivity contribution >= 4 is 15.9 Å². The summed E-state index contributed by atoms with van der Waals surface area (Å²) in [5.41, 5.74) is 7.21. The Hall–Kier alpha value is -1.11. The van der Waals surface area contributed by atoms with E-state index in [1.165, 1.54) is 4.31 Å². The van der Waals surface area contributed by atoms with Crippen LogP contribution in [-0.4, -0.2) is 32.4 Å².